The van der Waals surface area contributed by atoms with Gasteiger partial charge < -0.3 is 20.5 Å². The first-order valence-corrected chi connectivity index (χ1v) is 7.35. The van der Waals surface area contributed by atoms with Crippen molar-refractivity contribution in [2.24, 2.45) is 5.92 Å². The molecule has 0 aromatic carbocycles. The van der Waals surface area contributed by atoms with Crippen molar-refractivity contribution in [2.45, 2.75) is 50.1 Å². The maximum Gasteiger partial charge on any atom is 0.305 e. The topological polar surface area (TPSA) is 87.7 Å². The number of rotatable bonds is 5. The highest BCUT2D eigenvalue weighted by Gasteiger charge is 2.40. The van der Waals surface area contributed by atoms with Gasteiger partial charge in [0.05, 0.1) is 31.1 Å². The maximum atomic E-state index is 12.4. The predicted octanol–water partition coefficient (Wildman–Crippen LogP) is 0.515. The molecule has 1 aliphatic heterocycles. The number of carbonyl (C=O) groups excluding carboxylic acids is 1. The van der Waals surface area contributed by atoms with Gasteiger partial charge in [-0.2, -0.15) is 0 Å². The van der Waals surface area contributed by atoms with Crippen molar-refractivity contribution in [3.63, 3.8) is 0 Å². The minimum absolute atomic E-state index is 0.0105. The molecule has 2 rings (SSSR count). The first-order valence-electron chi connectivity index (χ1n) is 7.35. The highest BCUT2D eigenvalue weighted by atomic mass is 16.5. The quantitative estimate of drug-likeness (QED) is 0.685. The Bertz CT molecular complexity index is 366. The van der Waals surface area contributed by atoms with Crippen molar-refractivity contribution >= 4 is 11.9 Å². The summed E-state index contributed by atoms with van der Waals surface area (Å²) in [4.78, 5) is 23.6. The lowest BCUT2D eigenvalue weighted by Crippen LogP contribution is -2.55. The lowest BCUT2D eigenvalue weighted by molar-refractivity contribution is -0.140. The predicted molar refractivity (Wildman–Crippen MR) is 73.4 cm³/mol. The summed E-state index contributed by atoms with van der Waals surface area (Å²) in [5.74, 6) is -1.15. The summed E-state index contributed by atoms with van der Waals surface area (Å²) in [5, 5.41) is 15.2. The number of likely N-dealkylation sites (N-methyl/N-ethyl adjacent to an activating group) is 1. The van der Waals surface area contributed by atoms with Gasteiger partial charge in [0, 0.05) is 6.04 Å². The number of amides is 1. The molecule has 6 nitrogen and oxygen atoms in total. The fraction of sp³-hybridized carbons (Fsp3) is 0.857. The zero-order valence-corrected chi connectivity index (χ0v) is 12.0. The van der Waals surface area contributed by atoms with Crippen molar-refractivity contribution in [1.82, 2.24) is 10.6 Å². The first-order chi connectivity index (χ1) is 9.56. The van der Waals surface area contributed by atoms with E-state index in [-0.39, 0.29) is 24.3 Å². The van der Waals surface area contributed by atoms with Crippen LogP contribution >= 0.6 is 0 Å². The number of aliphatic carboxylic acids is 1. The van der Waals surface area contributed by atoms with Crippen LogP contribution in [0, 0.1) is 5.92 Å². The second kappa shape index (κ2) is 6.54. The molecule has 0 aromatic heterocycles. The van der Waals surface area contributed by atoms with Crippen LogP contribution in [0.2, 0.25) is 0 Å². The molecule has 3 N–H and O–H groups in total. The van der Waals surface area contributed by atoms with E-state index in [4.69, 9.17) is 9.84 Å². The monoisotopic (exact) mass is 284 g/mol. The number of nitrogens with one attached hydrogen (secondary N) is 2. The summed E-state index contributed by atoms with van der Waals surface area (Å²) in [6, 6.07) is 0.0143. The Balaban J connectivity index is 2.03. The standard InChI is InChI=1S/C14H24N2O4/c1-15-11-9-20-8-10(11)13(19)16-14(7-12(17)18)5-3-2-4-6-14/h10-11,15H,2-9H2,1H3,(H,16,19)(H,17,18). The van der Waals surface area contributed by atoms with Gasteiger partial charge in [-0.3, -0.25) is 9.59 Å². The molecule has 114 valence electrons. The lowest BCUT2D eigenvalue weighted by atomic mass is 9.78. The van der Waals surface area contributed by atoms with Gasteiger partial charge in [-0.15, -0.1) is 0 Å². The number of carbonyl (C=O) groups is 2. The Labute approximate surface area is 119 Å². The second-order valence-electron chi connectivity index (χ2n) is 5.94. The molecule has 0 bridgehead atoms. The molecule has 2 aliphatic rings. The fourth-order valence-corrected chi connectivity index (χ4v) is 3.32. The summed E-state index contributed by atoms with van der Waals surface area (Å²) in [7, 11) is 1.81. The van der Waals surface area contributed by atoms with Crippen LogP contribution in [-0.4, -0.2) is 48.8 Å². The van der Waals surface area contributed by atoms with E-state index in [2.05, 4.69) is 10.6 Å². The van der Waals surface area contributed by atoms with Crippen molar-refractivity contribution in [3.05, 3.63) is 0 Å². The van der Waals surface area contributed by atoms with Gasteiger partial charge in [0.1, 0.15) is 0 Å². The van der Waals surface area contributed by atoms with Crippen LogP contribution in [0.1, 0.15) is 38.5 Å². The summed E-state index contributed by atoms with van der Waals surface area (Å²) in [6.07, 6.45) is 4.58. The molecule has 1 heterocycles. The molecule has 20 heavy (non-hydrogen) atoms. The number of hydrogen-bond acceptors (Lipinski definition) is 4. The Kier molecular flexibility index (Phi) is 4.99. The molecule has 1 saturated carbocycles. The van der Waals surface area contributed by atoms with Crippen molar-refractivity contribution in [1.29, 1.82) is 0 Å². The molecule has 1 amide bonds. The van der Waals surface area contributed by atoms with Gasteiger partial charge in [0.15, 0.2) is 0 Å². The Morgan fingerprint density at radius 3 is 2.55 bits per heavy atom. The van der Waals surface area contributed by atoms with E-state index < -0.39 is 11.5 Å². The van der Waals surface area contributed by atoms with Gasteiger partial charge in [-0.1, -0.05) is 19.3 Å². The summed E-state index contributed by atoms with van der Waals surface area (Å²) in [5.41, 5.74) is -0.567. The minimum Gasteiger partial charge on any atom is -0.481 e. The normalized spacial score (nSPS) is 29.1. The van der Waals surface area contributed by atoms with E-state index in [1.54, 1.807) is 0 Å². The zero-order chi connectivity index (χ0) is 14.6. The lowest BCUT2D eigenvalue weighted by Gasteiger charge is -2.38. The average molecular weight is 284 g/mol. The van der Waals surface area contributed by atoms with Crippen molar-refractivity contribution in [3.8, 4) is 0 Å². The molecule has 1 saturated heterocycles. The Morgan fingerprint density at radius 2 is 1.95 bits per heavy atom. The van der Waals surface area contributed by atoms with E-state index in [9.17, 15) is 9.59 Å². The van der Waals surface area contributed by atoms with Crippen LogP contribution in [0.5, 0.6) is 0 Å². The Morgan fingerprint density at radius 1 is 1.25 bits per heavy atom. The van der Waals surface area contributed by atoms with Crippen LogP contribution in [0.15, 0.2) is 0 Å². The highest BCUT2D eigenvalue weighted by molar-refractivity contribution is 5.81. The maximum absolute atomic E-state index is 12.4. The van der Waals surface area contributed by atoms with Gasteiger partial charge in [-0.25, -0.2) is 0 Å². The molecule has 2 atom stereocenters. The molecule has 6 heteroatoms. The average Bonchev–Trinajstić information content (AvgIpc) is 2.87. The molecule has 0 radical (unpaired) electrons. The highest BCUT2D eigenvalue weighted by Crippen LogP contribution is 2.32. The summed E-state index contributed by atoms with van der Waals surface area (Å²) < 4.78 is 5.35. The van der Waals surface area contributed by atoms with E-state index in [1.807, 2.05) is 7.05 Å². The largest absolute Gasteiger partial charge is 0.481 e. The first kappa shape index (κ1) is 15.3. The van der Waals surface area contributed by atoms with Crippen LogP contribution in [0.3, 0.4) is 0 Å². The fourth-order valence-electron chi connectivity index (χ4n) is 3.32. The van der Waals surface area contributed by atoms with Crippen molar-refractivity contribution in [2.75, 3.05) is 20.3 Å². The molecule has 1 aliphatic carbocycles. The molecule has 2 fully saturated rings. The number of carboxylic acid groups (broad SMARTS) is 1. The molecule has 0 spiro atoms. The third kappa shape index (κ3) is 3.49. The van der Waals surface area contributed by atoms with Gasteiger partial charge >= 0.3 is 5.97 Å². The summed E-state index contributed by atoms with van der Waals surface area (Å²) >= 11 is 0. The van der Waals surface area contributed by atoms with Crippen LogP contribution in [0.25, 0.3) is 0 Å². The smallest absolute Gasteiger partial charge is 0.305 e. The van der Waals surface area contributed by atoms with Crippen molar-refractivity contribution < 1.29 is 19.4 Å². The van der Waals surface area contributed by atoms with E-state index in [0.29, 0.717) is 13.2 Å². The van der Waals surface area contributed by atoms with E-state index >= 15 is 0 Å². The summed E-state index contributed by atoms with van der Waals surface area (Å²) in [6.45, 7) is 0.932. The second-order valence-corrected chi connectivity index (χ2v) is 5.94. The van der Waals surface area contributed by atoms with Gasteiger partial charge in [0.25, 0.3) is 0 Å². The van der Waals surface area contributed by atoms with Crippen LogP contribution in [0.4, 0.5) is 0 Å². The minimum atomic E-state index is -0.847. The molecular weight excluding hydrogens is 260 g/mol. The van der Waals surface area contributed by atoms with Crippen LogP contribution < -0.4 is 10.6 Å². The van der Waals surface area contributed by atoms with Gasteiger partial charge in [0.2, 0.25) is 5.91 Å². The third-order valence-corrected chi connectivity index (χ3v) is 4.48. The molecule has 0 aromatic rings. The van der Waals surface area contributed by atoms with Crippen LogP contribution in [-0.2, 0) is 14.3 Å². The number of hydrogen-bond donors (Lipinski definition) is 3. The molecular formula is C14H24N2O4. The van der Waals surface area contributed by atoms with E-state index in [0.717, 1.165) is 32.1 Å². The SMILES string of the molecule is CNC1COCC1C(=O)NC1(CC(=O)O)CCCCC1. The Hall–Kier alpha value is -1.14. The number of carboxylic acids is 1. The zero-order valence-electron chi connectivity index (χ0n) is 12.0. The van der Waals surface area contributed by atoms with E-state index in [1.165, 1.54) is 0 Å². The third-order valence-electron chi connectivity index (χ3n) is 4.48. The molecule has 2 unspecified atom stereocenters. The number of ether oxygens (including phenoxy) is 1. The van der Waals surface area contributed by atoms with Gasteiger partial charge in [-0.05, 0) is 19.9 Å².